The molecule has 90 valence electrons. The van der Waals surface area contributed by atoms with E-state index >= 15 is 0 Å². The van der Waals surface area contributed by atoms with Crippen LogP contribution in [0.2, 0.25) is 0 Å². The molecule has 0 spiro atoms. The van der Waals surface area contributed by atoms with E-state index in [1.54, 1.807) is 0 Å². The molecule has 0 amide bonds. The molecule has 2 nitrogen and oxygen atoms in total. The highest BCUT2D eigenvalue weighted by molar-refractivity contribution is 5.87. The quantitative estimate of drug-likeness (QED) is 0.891. The first-order chi connectivity index (χ1) is 8.75. The monoisotopic (exact) mass is 238 g/mol. The van der Waals surface area contributed by atoms with Gasteiger partial charge in [-0.05, 0) is 17.5 Å². The second-order valence-electron chi connectivity index (χ2n) is 4.81. The summed E-state index contributed by atoms with van der Waals surface area (Å²) in [6, 6.07) is 19.5. The summed E-state index contributed by atoms with van der Waals surface area (Å²) in [7, 11) is 0. The van der Waals surface area contributed by atoms with Crippen molar-refractivity contribution in [2.24, 2.45) is 0 Å². The maximum atomic E-state index is 11.7. The van der Waals surface area contributed by atoms with Gasteiger partial charge in [-0.1, -0.05) is 60.7 Å². The number of carboxylic acids is 1. The molecule has 18 heavy (non-hydrogen) atoms. The van der Waals surface area contributed by atoms with E-state index in [-0.39, 0.29) is 5.92 Å². The molecule has 1 fully saturated rings. The van der Waals surface area contributed by atoms with Crippen molar-refractivity contribution in [2.75, 3.05) is 0 Å². The summed E-state index contributed by atoms with van der Waals surface area (Å²) in [6.07, 6.45) is 0.691. The highest BCUT2D eigenvalue weighted by Gasteiger charge is 2.61. The van der Waals surface area contributed by atoms with Gasteiger partial charge >= 0.3 is 5.97 Å². The van der Waals surface area contributed by atoms with Crippen LogP contribution in [0.1, 0.15) is 23.5 Å². The van der Waals surface area contributed by atoms with Crippen molar-refractivity contribution in [1.29, 1.82) is 0 Å². The molecule has 0 aliphatic heterocycles. The van der Waals surface area contributed by atoms with Gasteiger partial charge in [0.05, 0.1) is 0 Å². The van der Waals surface area contributed by atoms with Crippen molar-refractivity contribution in [3.05, 3.63) is 71.8 Å². The highest BCUT2D eigenvalue weighted by Crippen LogP contribution is 2.60. The third-order valence-electron chi connectivity index (χ3n) is 3.83. The molecule has 1 aliphatic rings. The van der Waals surface area contributed by atoms with Crippen LogP contribution in [0.25, 0.3) is 0 Å². The number of benzene rings is 2. The Labute approximate surface area is 106 Å². The largest absolute Gasteiger partial charge is 0.481 e. The average Bonchev–Trinajstić information content (AvgIpc) is 3.18. The van der Waals surface area contributed by atoms with E-state index in [4.69, 9.17) is 0 Å². The van der Waals surface area contributed by atoms with Crippen LogP contribution in [0.15, 0.2) is 60.7 Å². The molecule has 2 heteroatoms. The molecular weight excluding hydrogens is 224 g/mol. The number of carboxylic acid groups (broad SMARTS) is 1. The maximum Gasteiger partial charge on any atom is 0.314 e. The lowest BCUT2D eigenvalue weighted by molar-refractivity contribution is -0.140. The summed E-state index contributed by atoms with van der Waals surface area (Å²) in [5.74, 6) is -0.624. The minimum atomic E-state index is -0.720. The number of aliphatic carboxylic acids is 1. The molecule has 2 aromatic carbocycles. The molecule has 2 aromatic rings. The fourth-order valence-corrected chi connectivity index (χ4v) is 2.77. The smallest absolute Gasteiger partial charge is 0.314 e. The molecule has 0 unspecified atom stereocenters. The Hall–Kier alpha value is -2.09. The second kappa shape index (κ2) is 3.98. The maximum absolute atomic E-state index is 11.7. The first-order valence-corrected chi connectivity index (χ1v) is 6.09. The van der Waals surface area contributed by atoms with Gasteiger partial charge < -0.3 is 5.11 Å². The first-order valence-electron chi connectivity index (χ1n) is 6.09. The molecule has 3 rings (SSSR count). The van der Waals surface area contributed by atoms with Crippen molar-refractivity contribution >= 4 is 5.97 Å². The van der Waals surface area contributed by atoms with Crippen LogP contribution in [0.3, 0.4) is 0 Å². The zero-order valence-corrected chi connectivity index (χ0v) is 9.91. The van der Waals surface area contributed by atoms with Crippen LogP contribution in [-0.2, 0) is 10.2 Å². The molecule has 1 aliphatic carbocycles. The normalized spacial score (nSPS) is 25.7. The molecule has 0 saturated heterocycles. The minimum absolute atomic E-state index is 0.0959. The Bertz CT molecular complexity index is 562. The fourth-order valence-electron chi connectivity index (χ4n) is 2.77. The Morgan fingerprint density at radius 1 is 1.00 bits per heavy atom. The molecule has 0 radical (unpaired) electrons. The van der Waals surface area contributed by atoms with Gasteiger partial charge in [0, 0.05) is 5.92 Å². The highest BCUT2D eigenvalue weighted by atomic mass is 16.4. The van der Waals surface area contributed by atoms with Gasteiger partial charge in [0.25, 0.3) is 0 Å². The molecule has 1 saturated carbocycles. The van der Waals surface area contributed by atoms with Gasteiger partial charge in [-0.2, -0.15) is 0 Å². The van der Waals surface area contributed by atoms with Crippen molar-refractivity contribution in [3.8, 4) is 0 Å². The lowest BCUT2D eigenvalue weighted by Gasteiger charge is -2.13. The minimum Gasteiger partial charge on any atom is -0.481 e. The van der Waals surface area contributed by atoms with Crippen LogP contribution in [0.5, 0.6) is 0 Å². The fraction of sp³-hybridized carbons (Fsp3) is 0.188. The van der Waals surface area contributed by atoms with E-state index in [0.29, 0.717) is 6.42 Å². The molecule has 0 bridgehead atoms. The lowest BCUT2D eigenvalue weighted by Crippen LogP contribution is -2.21. The zero-order chi connectivity index (χ0) is 12.6. The number of rotatable bonds is 3. The van der Waals surface area contributed by atoms with Gasteiger partial charge in [0.2, 0.25) is 0 Å². The Morgan fingerprint density at radius 3 is 2.11 bits per heavy atom. The van der Waals surface area contributed by atoms with Crippen molar-refractivity contribution in [3.63, 3.8) is 0 Å². The van der Waals surface area contributed by atoms with Crippen molar-refractivity contribution in [2.45, 2.75) is 17.8 Å². The summed E-state index contributed by atoms with van der Waals surface area (Å²) in [6.45, 7) is 0. The topological polar surface area (TPSA) is 37.3 Å². The van der Waals surface area contributed by atoms with Crippen LogP contribution in [0.4, 0.5) is 0 Å². The molecule has 0 heterocycles. The number of hydrogen-bond acceptors (Lipinski definition) is 1. The third-order valence-corrected chi connectivity index (χ3v) is 3.83. The number of hydrogen-bond donors (Lipinski definition) is 1. The summed E-state index contributed by atoms with van der Waals surface area (Å²) in [5, 5.41) is 9.59. The van der Waals surface area contributed by atoms with Crippen molar-refractivity contribution in [1.82, 2.24) is 0 Å². The van der Waals surface area contributed by atoms with E-state index in [1.165, 1.54) is 0 Å². The average molecular weight is 238 g/mol. The van der Waals surface area contributed by atoms with Crippen LogP contribution >= 0.6 is 0 Å². The van der Waals surface area contributed by atoms with Crippen LogP contribution in [0, 0.1) is 0 Å². The predicted molar refractivity (Wildman–Crippen MR) is 69.6 cm³/mol. The summed E-state index contributed by atoms with van der Waals surface area (Å²) in [4.78, 5) is 11.7. The van der Waals surface area contributed by atoms with E-state index < -0.39 is 11.4 Å². The number of carbonyl (C=O) groups is 1. The SMILES string of the molecule is O=C(O)[C@@]1(c2ccccc2)C[C@H]1c1ccccc1. The second-order valence-corrected chi connectivity index (χ2v) is 4.81. The van der Waals surface area contributed by atoms with Gasteiger partial charge in [-0.3, -0.25) is 4.79 Å². The van der Waals surface area contributed by atoms with E-state index in [0.717, 1.165) is 11.1 Å². The molecule has 2 atom stereocenters. The first kappa shape index (κ1) is 11.0. The van der Waals surface area contributed by atoms with Crippen LogP contribution < -0.4 is 0 Å². The zero-order valence-electron chi connectivity index (χ0n) is 9.91. The van der Waals surface area contributed by atoms with Crippen LogP contribution in [-0.4, -0.2) is 11.1 Å². The standard InChI is InChI=1S/C16H14O2/c17-15(18)16(13-9-5-2-6-10-13)11-14(16)12-7-3-1-4-8-12/h1-10,14H,11H2,(H,17,18)/t14-,16+/m0/s1. The summed E-state index contributed by atoms with van der Waals surface area (Å²) < 4.78 is 0. The Kier molecular flexibility index (Phi) is 2.44. The summed E-state index contributed by atoms with van der Waals surface area (Å²) >= 11 is 0. The molecular formula is C16H14O2. The van der Waals surface area contributed by atoms with Gasteiger partial charge in [-0.15, -0.1) is 0 Å². The lowest BCUT2D eigenvalue weighted by atomic mass is 9.91. The van der Waals surface area contributed by atoms with E-state index in [2.05, 4.69) is 0 Å². The Morgan fingerprint density at radius 2 is 1.56 bits per heavy atom. The van der Waals surface area contributed by atoms with E-state index in [9.17, 15) is 9.90 Å². The van der Waals surface area contributed by atoms with E-state index in [1.807, 2.05) is 60.7 Å². The summed E-state index contributed by atoms with van der Waals surface area (Å²) in [5.41, 5.74) is 1.30. The van der Waals surface area contributed by atoms with Gasteiger partial charge in [0.1, 0.15) is 5.41 Å². The van der Waals surface area contributed by atoms with Gasteiger partial charge in [-0.25, -0.2) is 0 Å². The molecule has 1 N–H and O–H groups in total. The van der Waals surface area contributed by atoms with Gasteiger partial charge in [0.15, 0.2) is 0 Å². The Balaban J connectivity index is 2.01. The predicted octanol–water partition coefficient (Wildman–Crippen LogP) is 3.20. The molecule has 0 aromatic heterocycles. The third kappa shape index (κ3) is 1.53. The van der Waals surface area contributed by atoms with Crippen molar-refractivity contribution < 1.29 is 9.90 Å².